The summed E-state index contributed by atoms with van der Waals surface area (Å²) in [5, 5.41) is 3.84. The maximum atomic E-state index is 15.4. The highest BCUT2D eigenvalue weighted by atomic mass is 19.2. The number of fused-ring (bicyclic) bond motifs is 3. The SMILES string of the molecule is CCNc1cc(F)c(F)c2c1[nH]c1ncc(-c3cnc(OC)nc3)c(N3CCCC(CN)C3)c12. The second-order valence-electron chi connectivity index (χ2n) is 8.52. The molecule has 4 N–H and O–H groups in total. The zero-order chi connectivity index (χ0) is 23.8. The number of H-pyrrole nitrogens is 1. The zero-order valence-corrected chi connectivity index (χ0v) is 19.2. The van der Waals surface area contributed by atoms with Crippen LogP contribution < -0.4 is 20.7 Å². The molecule has 1 aromatic carbocycles. The van der Waals surface area contributed by atoms with Crippen LogP contribution in [0.5, 0.6) is 6.01 Å². The Morgan fingerprint density at radius 1 is 1.21 bits per heavy atom. The number of ether oxygens (including phenoxy) is 1. The van der Waals surface area contributed by atoms with E-state index < -0.39 is 11.6 Å². The molecule has 0 spiro atoms. The summed E-state index contributed by atoms with van der Waals surface area (Å²) in [6, 6.07) is 1.43. The van der Waals surface area contributed by atoms with Gasteiger partial charge in [-0.2, -0.15) is 0 Å². The lowest BCUT2D eigenvalue weighted by Gasteiger charge is -2.35. The molecule has 0 radical (unpaired) electrons. The summed E-state index contributed by atoms with van der Waals surface area (Å²) in [5.74, 6) is -1.51. The molecule has 4 heterocycles. The normalized spacial score (nSPS) is 16.4. The summed E-state index contributed by atoms with van der Waals surface area (Å²) < 4.78 is 35.2. The van der Waals surface area contributed by atoms with Crippen LogP contribution in [0.25, 0.3) is 33.1 Å². The van der Waals surface area contributed by atoms with Gasteiger partial charge in [0, 0.05) is 55.4 Å². The fourth-order valence-electron chi connectivity index (χ4n) is 4.83. The average molecular weight is 468 g/mol. The van der Waals surface area contributed by atoms with Gasteiger partial charge in [-0.3, -0.25) is 0 Å². The monoisotopic (exact) mass is 467 g/mol. The highest BCUT2D eigenvalue weighted by Crippen LogP contribution is 2.44. The molecule has 1 aliphatic rings. The number of nitrogens with one attached hydrogen (secondary N) is 2. The van der Waals surface area contributed by atoms with E-state index in [4.69, 9.17) is 10.5 Å². The molecule has 8 nitrogen and oxygen atoms in total. The molecule has 1 unspecified atom stereocenters. The highest BCUT2D eigenvalue weighted by molar-refractivity contribution is 6.18. The maximum absolute atomic E-state index is 15.4. The predicted octanol–water partition coefficient (Wildman–Crippen LogP) is 4.07. The van der Waals surface area contributed by atoms with Crippen LogP contribution in [0.4, 0.5) is 20.2 Å². The predicted molar refractivity (Wildman–Crippen MR) is 129 cm³/mol. The van der Waals surface area contributed by atoms with Crippen molar-refractivity contribution in [1.29, 1.82) is 0 Å². The Labute approximate surface area is 195 Å². The number of aromatic amines is 1. The highest BCUT2D eigenvalue weighted by Gasteiger charge is 2.28. The lowest BCUT2D eigenvalue weighted by Crippen LogP contribution is -2.38. The Kier molecular flexibility index (Phi) is 5.91. The van der Waals surface area contributed by atoms with Crippen LogP contribution in [0.3, 0.4) is 0 Å². The van der Waals surface area contributed by atoms with Gasteiger partial charge in [0.2, 0.25) is 0 Å². The fraction of sp³-hybridized carbons (Fsp3) is 0.375. The average Bonchev–Trinajstić information content (AvgIpc) is 3.27. The third-order valence-electron chi connectivity index (χ3n) is 6.42. The molecule has 1 fully saturated rings. The number of hydrogen-bond donors (Lipinski definition) is 3. The lowest BCUT2D eigenvalue weighted by molar-refractivity contribution is 0.380. The van der Waals surface area contributed by atoms with Crippen LogP contribution in [0.2, 0.25) is 0 Å². The van der Waals surface area contributed by atoms with Gasteiger partial charge in [0.1, 0.15) is 5.65 Å². The summed E-state index contributed by atoms with van der Waals surface area (Å²) in [6.07, 6.45) is 7.01. The minimum atomic E-state index is -0.910. The van der Waals surface area contributed by atoms with Crippen molar-refractivity contribution in [3.8, 4) is 17.1 Å². The van der Waals surface area contributed by atoms with E-state index in [0.717, 1.165) is 30.6 Å². The molecule has 1 atom stereocenters. The number of pyridine rings is 1. The van der Waals surface area contributed by atoms with Crippen molar-refractivity contribution in [2.24, 2.45) is 11.7 Å². The van der Waals surface area contributed by atoms with Crippen molar-refractivity contribution in [3.05, 3.63) is 36.3 Å². The summed E-state index contributed by atoms with van der Waals surface area (Å²) in [7, 11) is 1.50. The van der Waals surface area contributed by atoms with Gasteiger partial charge in [-0.15, -0.1) is 0 Å². The van der Waals surface area contributed by atoms with Gasteiger partial charge in [0.25, 0.3) is 0 Å². The maximum Gasteiger partial charge on any atom is 0.316 e. The van der Waals surface area contributed by atoms with Gasteiger partial charge in [0.15, 0.2) is 11.6 Å². The Morgan fingerprint density at radius 3 is 2.71 bits per heavy atom. The molecule has 4 aromatic rings. The summed E-state index contributed by atoms with van der Waals surface area (Å²) in [5.41, 5.74) is 9.69. The van der Waals surface area contributed by atoms with Crippen LogP contribution in [0.15, 0.2) is 24.7 Å². The van der Waals surface area contributed by atoms with E-state index in [9.17, 15) is 4.39 Å². The number of anilines is 2. The quantitative estimate of drug-likeness (QED) is 0.393. The topological polar surface area (TPSA) is 105 Å². The van der Waals surface area contributed by atoms with Crippen molar-refractivity contribution < 1.29 is 13.5 Å². The van der Waals surface area contributed by atoms with Gasteiger partial charge in [-0.05, 0) is 32.2 Å². The lowest BCUT2D eigenvalue weighted by atomic mass is 9.95. The minimum absolute atomic E-state index is 0.180. The number of nitrogens with zero attached hydrogens (tertiary/aromatic N) is 4. The van der Waals surface area contributed by atoms with E-state index >= 15 is 4.39 Å². The number of nitrogens with two attached hydrogens (primary N) is 1. The molecule has 0 aliphatic carbocycles. The Hall–Kier alpha value is -3.53. The Bertz CT molecular complexity index is 1340. The van der Waals surface area contributed by atoms with E-state index in [1.54, 1.807) is 18.6 Å². The Balaban J connectivity index is 1.83. The third-order valence-corrected chi connectivity index (χ3v) is 6.42. The number of benzene rings is 1. The van der Waals surface area contributed by atoms with Crippen molar-refractivity contribution in [3.63, 3.8) is 0 Å². The number of piperidine rings is 1. The summed E-state index contributed by atoms with van der Waals surface area (Å²) >= 11 is 0. The number of halogens is 2. The molecule has 10 heteroatoms. The smallest absolute Gasteiger partial charge is 0.316 e. The molecule has 0 saturated carbocycles. The molecular formula is C24H27F2N7O. The second kappa shape index (κ2) is 9.02. The van der Waals surface area contributed by atoms with Gasteiger partial charge in [-0.25, -0.2) is 23.7 Å². The van der Waals surface area contributed by atoms with Crippen LogP contribution in [-0.2, 0) is 0 Å². The van der Waals surface area contributed by atoms with Crippen LogP contribution in [0, 0.1) is 17.6 Å². The van der Waals surface area contributed by atoms with Crippen molar-refractivity contribution in [1.82, 2.24) is 19.9 Å². The largest absolute Gasteiger partial charge is 0.467 e. The first-order chi connectivity index (χ1) is 16.5. The number of aromatic nitrogens is 4. The van der Waals surface area contributed by atoms with Gasteiger partial charge >= 0.3 is 6.01 Å². The van der Waals surface area contributed by atoms with Gasteiger partial charge < -0.3 is 25.7 Å². The molecule has 1 aliphatic heterocycles. The first-order valence-electron chi connectivity index (χ1n) is 11.4. The Morgan fingerprint density at radius 2 is 2.00 bits per heavy atom. The second-order valence-corrected chi connectivity index (χ2v) is 8.52. The van der Waals surface area contributed by atoms with Crippen LogP contribution >= 0.6 is 0 Å². The molecule has 5 rings (SSSR count). The minimum Gasteiger partial charge on any atom is -0.467 e. The molecule has 34 heavy (non-hydrogen) atoms. The third kappa shape index (κ3) is 3.67. The molecule has 3 aromatic heterocycles. The molecule has 1 saturated heterocycles. The van der Waals surface area contributed by atoms with Crippen molar-refractivity contribution >= 4 is 33.3 Å². The van der Waals surface area contributed by atoms with E-state index in [0.29, 0.717) is 53.4 Å². The zero-order valence-electron chi connectivity index (χ0n) is 19.2. The van der Waals surface area contributed by atoms with Crippen molar-refractivity contribution in [2.75, 3.05) is 43.5 Å². The standard InChI is InChI=1S/C24H27F2N7O/c1-3-28-17-7-16(25)20(26)18-19-22(33-6-4-5-13(8-27)12-33)15(11-29-23(19)32-21(17)18)14-9-30-24(34-2)31-10-14/h7,9-11,13,28H,3-6,8,12,27H2,1-2H3,(H,29,32). The van der Waals surface area contributed by atoms with E-state index in [-0.39, 0.29) is 11.4 Å². The van der Waals surface area contributed by atoms with Gasteiger partial charge in [-0.1, -0.05) is 0 Å². The van der Waals surface area contributed by atoms with Gasteiger partial charge in [0.05, 0.1) is 34.8 Å². The van der Waals surface area contributed by atoms with Crippen LogP contribution in [-0.4, -0.2) is 53.2 Å². The van der Waals surface area contributed by atoms with Crippen LogP contribution in [0.1, 0.15) is 19.8 Å². The summed E-state index contributed by atoms with van der Waals surface area (Å²) in [6.45, 7) is 4.51. The molecule has 0 amide bonds. The number of hydrogen-bond acceptors (Lipinski definition) is 7. The first-order valence-corrected chi connectivity index (χ1v) is 11.4. The molecular weight excluding hydrogens is 440 g/mol. The van der Waals surface area contributed by atoms with E-state index in [1.807, 2.05) is 6.92 Å². The molecule has 0 bridgehead atoms. The van der Waals surface area contributed by atoms with E-state index in [2.05, 4.69) is 30.2 Å². The fourth-order valence-corrected chi connectivity index (χ4v) is 4.83. The molecule has 178 valence electrons. The number of rotatable bonds is 6. The van der Waals surface area contributed by atoms with Crippen molar-refractivity contribution in [2.45, 2.75) is 19.8 Å². The van der Waals surface area contributed by atoms with E-state index in [1.165, 1.54) is 13.2 Å². The first kappa shape index (κ1) is 22.3. The summed E-state index contributed by atoms with van der Waals surface area (Å²) in [4.78, 5) is 18.5. The number of methoxy groups -OCH3 is 1.